The van der Waals surface area contributed by atoms with E-state index in [0.29, 0.717) is 13.0 Å². The zero-order valence-electron chi connectivity index (χ0n) is 10.1. The van der Waals surface area contributed by atoms with Gasteiger partial charge in [-0.15, -0.1) is 11.8 Å². The third-order valence-corrected chi connectivity index (χ3v) is 2.41. The first-order valence-corrected chi connectivity index (χ1v) is 6.16. The summed E-state index contributed by atoms with van der Waals surface area (Å²) in [5.74, 6) is 5.96. The van der Waals surface area contributed by atoms with Gasteiger partial charge in [-0.05, 0) is 32.6 Å². The van der Waals surface area contributed by atoms with Gasteiger partial charge in [0.25, 0.3) is 0 Å². The summed E-state index contributed by atoms with van der Waals surface area (Å²) in [5, 5.41) is 8.98. The molecule has 2 atom stereocenters. The molecule has 0 aromatic carbocycles. The van der Waals surface area contributed by atoms with Crippen LogP contribution in [0, 0.1) is 11.8 Å². The molecule has 1 fully saturated rings. The van der Waals surface area contributed by atoms with Gasteiger partial charge in [-0.1, -0.05) is 0 Å². The summed E-state index contributed by atoms with van der Waals surface area (Å²) in [6.07, 6.45) is 5.41. The fourth-order valence-electron chi connectivity index (χ4n) is 1.53. The lowest BCUT2D eigenvalue weighted by molar-refractivity contribution is -0.162. The molecule has 0 saturated carbocycles. The maximum absolute atomic E-state index is 8.98. The highest BCUT2D eigenvalue weighted by Gasteiger charge is 2.12. The van der Waals surface area contributed by atoms with Gasteiger partial charge in [-0.2, -0.15) is 0 Å². The number of ether oxygens (including phenoxy) is 2. The van der Waals surface area contributed by atoms with Crippen LogP contribution in [-0.2, 0) is 9.47 Å². The maximum Gasteiger partial charge on any atom is 0.157 e. The summed E-state index contributed by atoms with van der Waals surface area (Å²) >= 11 is 0. The first kappa shape index (κ1) is 13.5. The molecule has 0 spiro atoms. The fourth-order valence-corrected chi connectivity index (χ4v) is 1.53. The van der Waals surface area contributed by atoms with Crippen LogP contribution in [0.25, 0.3) is 0 Å². The minimum atomic E-state index is -0.320. The zero-order chi connectivity index (χ0) is 11.6. The van der Waals surface area contributed by atoms with Crippen molar-refractivity contribution < 1.29 is 14.6 Å². The average molecular weight is 226 g/mol. The van der Waals surface area contributed by atoms with Crippen molar-refractivity contribution in [2.24, 2.45) is 0 Å². The smallest absolute Gasteiger partial charge is 0.157 e. The number of aliphatic hydroxyl groups is 1. The van der Waals surface area contributed by atoms with E-state index in [2.05, 4.69) is 11.8 Å². The van der Waals surface area contributed by atoms with Gasteiger partial charge < -0.3 is 14.6 Å². The molecule has 0 bridgehead atoms. The van der Waals surface area contributed by atoms with E-state index in [1.165, 1.54) is 6.42 Å². The molecule has 0 aromatic heterocycles. The average Bonchev–Trinajstić information content (AvgIpc) is 2.29. The van der Waals surface area contributed by atoms with E-state index in [1.807, 2.05) is 0 Å². The Morgan fingerprint density at radius 2 is 2.31 bits per heavy atom. The SMILES string of the molecule is C[C@@H](O)CC#CCCCOC1CCCCO1. The third kappa shape index (κ3) is 6.84. The van der Waals surface area contributed by atoms with Crippen molar-refractivity contribution in [2.45, 2.75) is 57.8 Å². The standard InChI is InChI=1S/C13H22O3/c1-12(14)8-4-2-3-6-10-15-13-9-5-7-11-16-13/h12-14H,3,5-11H2,1H3/t12-,13?/m1/s1. The lowest BCUT2D eigenvalue weighted by atomic mass is 10.2. The highest BCUT2D eigenvalue weighted by molar-refractivity contribution is 4.99. The van der Waals surface area contributed by atoms with Gasteiger partial charge in [0.15, 0.2) is 6.29 Å². The highest BCUT2D eigenvalue weighted by atomic mass is 16.7. The molecule has 1 N–H and O–H groups in total. The number of aliphatic hydroxyl groups excluding tert-OH is 1. The summed E-state index contributed by atoms with van der Waals surface area (Å²) in [6, 6.07) is 0. The lowest BCUT2D eigenvalue weighted by Gasteiger charge is -2.22. The van der Waals surface area contributed by atoms with Crippen LogP contribution >= 0.6 is 0 Å². The minimum Gasteiger partial charge on any atom is -0.392 e. The third-order valence-electron chi connectivity index (χ3n) is 2.41. The summed E-state index contributed by atoms with van der Waals surface area (Å²) in [7, 11) is 0. The fraction of sp³-hybridized carbons (Fsp3) is 0.846. The quantitative estimate of drug-likeness (QED) is 0.576. The van der Waals surface area contributed by atoms with Gasteiger partial charge in [0.05, 0.1) is 12.7 Å². The van der Waals surface area contributed by atoms with E-state index < -0.39 is 0 Å². The van der Waals surface area contributed by atoms with Crippen LogP contribution in [-0.4, -0.2) is 30.7 Å². The maximum atomic E-state index is 8.98. The molecule has 0 aliphatic carbocycles. The molecule has 1 aliphatic rings. The van der Waals surface area contributed by atoms with Crippen molar-refractivity contribution in [3.05, 3.63) is 0 Å². The first-order chi connectivity index (χ1) is 7.79. The van der Waals surface area contributed by atoms with Crippen molar-refractivity contribution in [3.63, 3.8) is 0 Å². The van der Waals surface area contributed by atoms with Crippen molar-refractivity contribution >= 4 is 0 Å². The Morgan fingerprint density at radius 1 is 1.44 bits per heavy atom. The Bertz CT molecular complexity index is 221. The second kappa shape index (κ2) is 8.58. The molecule has 3 heteroatoms. The molecule has 1 unspecified atom stereocenters. The van der Waals surface area contributed by atoms with Crippen LogP contribution in [0.4, 0.5) is 0 Å². The Balaban J connectivity index is 1.92. The molecule has 0 amide bonds. The van der Waals surface area contributed by atoms with Crippen LogP contribution < -0.4 is 0 Å². The van der Waals surface area contributed by atoms with Gasteiger partial charge in [0.2, 0.25) is 0 Å². The van der Waals surface area contributed by atoms with Crippen molar-refractivity contribution in [3.8, 4) is 11.8 Å². The molecule has 16 heavy (non-hydrogen) atoms. The first-order valence-electron chi connectivity index (χ1n) is 6.16. The van der Waals surface area contributed by atoms with Crippen LogP contribution in [0.3, 0.4) is 0 Å². The molecule has 1 rings (SSSR count). The van der Waals surface area contributed by atoms with Crippen LogP contribution in [0.1, 0.15) is 45.4 Å². The zero-order valence-corrected chi connectivity index (χ0v) is 10.1. The Hall–Kier alpha value is -0.560. The predicted octanol–water partition coefficient (Wildman–Crippen LogP) is 2.08. The predicted molar refractivity (Wildman–Crippen MR) is 62.9 cm³/mol. The van der Waals surface area contributed by atoms with Gasteiger partial charge in [0.1, 0.15) is 0 Å². The molecule has 3 nitrogen and oxygen atoms in total. The minimum absolute atomic E-state index is 0.0131. The van der Waals surface area contributed by atoms with Crippen molar-refractivity contribution in [1.82, 2.24) is 0 Å². The molecular formula is C13H22O3. The van der Waals surface area contributed by atoms with Gasteiger partial charge >= 0.3 is 0 Å². The van der Waals surface area contributed by atoms with Crippen LogP contribution in [0.15, 0.2) is 0 Å². The number of hydrogen-bond acceptors (Lipinski definition) is 3. The van der Waals surface area contributed by atoms with Gasteiger partial charge in [-0.3, -0.25) is 0 Å². The number of hydrogen-bond donors (Lipinski definition) is 1. The molecular weight excluding hydrogens is 204 g/mol. The van der Waals surface area contributed by atoms with Crippen LogP contribution in [0.2, 0.25) is 0 Å². The second-order valence-electron chi connectivity index (χ2n) is 4.18. The lowest BCUT2D eigenvalue weighted by Crippen LogP contribution is -2.22. The van der Waals surface area contributed by atoms with Gasteiger partial charge in [0, 0.05) is 19.4 Å². The van der Waals surface area contributed by atoms with E-state index in [0.717, 1.165) is 32.3 Å². The van der Waals surface area contributed by atoms with Gasteiger partial charge in [-0.25, -0.2) is 0 Å². The van der Waals surface area contributed by atoms with E-state index in [-0.39, 0.29) is 12.4 Å². The summed E-state index contributed by atoms with van der Waals surface area (Å²) in [5.41, 5.74) is 0. The van der Waals surface area contributed by atoms with Crippen molar-refractivity contribution in [1.29, 1.82) is 0 Å². The summed E-state index contributed by atoms with van der Waals surface area (Å²) in [4.78, 5) is 0. The second-order valence-corrected chi connectivity index (χ2v) is 4.18. The molecule has 1 saturated heterocycles. The van der Waals surface area contributed by atoms with E-state index in [9.17, 15) is 0 Å². The summed E-state index contributed by atoms with van der Waals surface area (Å²) in [6.45, 7) is 3.30. The topological polar surface area (TPSA) is 38.7 Å². The monoisotopic (exact) mass is 226 g/mol. The van der Waals surface area contributed by atoms with Crippen molar-refractivity contribution in [2.75, 3.05) is 13.2 Å². The van der Waals surface area contributed by atoms with E-state index in [4.69, 9.17) is 14.6 Å². The molecule has 0 radical (unpaired) electrons. The molecule has 0 aromatic rings. The molecule has 1 aliphatic heterocycles. The van der Waals surface area contributed by atoms with E-state index >= 15 is 0 Å². The van der Waals surface area contributed by atoms with Crippen LogP contribution in [0.5, 0.6) is 0 Å². The normalized spacial score (nSPS) is 22.2. The van der Waals surface area contributed by atoms with E-state index in [1.54, 1.807) is 6.92 Å². The summed E-state index contributed by atoms with van der Waals surface area (Å²) < 4.78 is 11.0. The molecule has 1 heterocycles. The Morgan fingerprint density at radius 3 is 3.00 bits per heavy atom. The Kier molecular flexibility index (Phi) is 7.24. The largest absolute Gasteiger partial charge is 0.392 e. The molecule has 92 valence electrons. The highest BCUT2D eigenvalue weighted by Crippen LogP contribution is 2.13. The Labute approximate surface area is 98.1 Å². The number of rotatable bonds is 5. The number of unbranched alkanes of at least 4 members (excludes halogenated alkanes) is 1.